The summed E-state index contributed by atoms with van der Waals surface area (Å²) >= 11 is 0.985. The first-order chi connectivity index (χ1) is 10.5. The molecule has 0 unspecified atom stereocenters. The smallest absolute Gasteiger partial charge is 0.284 e. The average molecular weight is 321 g/mol. The minimum atomic E-state index is -1.01. The number of ketones is 1. The van der Waals surface area contributed by atoms with Crippen LogP contribution in [-0.2, 0) is 6.42 Å². The third-order valence-electron chi connectivity index (χ3n) is 3.27. The van der Waals surface area contributed by atoms with Crippen LogP contribution in [0.25, 0.3) is 5.57 Å². The van der Waals surface area contributed by atoms with Crippen molar-refractivity contribution in [3.63, 3.8) is 0 Å². The Kier molecular flexibility index (Phi) is 3.55. The number of halogens is 2. The van der Waals surface area contributed by atoms with Gasteiger partial charge in [-0.05, 0) is 29.7 Å². The minimum Gasteiger partial charge on any atom is -0.289 e. The van der Waals surface area contributed by atoms with E-state index in [1.807, 2.05) is 5.43 Å². The molecule has 3 N–H and O–H groups in total. The highest BCUT2D eigenvalue weighted by molar-refractivity contribution is 7.12. The van der Waals surface area contributed by atoms with Gasteiger partial charge in [-0.2, -0.15) is 0 Å². The van der Waals surface area contributed by atoms with Crippen LogP contribution in [0.1, 0.15) is 31.4 Å². The Labute approximate surface area is 127 Å². The molecule has 1 aromatic heterocycles. The number of amides is 1. The molecule has 8 heteroatoms. The van der Waals surface area contributed by atoms with Crippen LogP contribution in [0.15, 0.2) is 23.6 Å². The van der Waals surface area contributed by atoms with Gasteiger partial charge in [-0.3, -0.25) is 15.0 Å². The maximum atomic E-state index is 13.4. The lowest BCUT2D eigenvalue weighted by molar-refractivity contribution is 0.0949. The van der Waals surface area contributed by atoms with Crippen molar-refractivity contribution in [1.82, 2.24) is 10.4 Å². The van der Waals surface area contributed by atoms with Gasteiger partial charge < -0.3 is 0 Å². The molecule has 112 valence electrons. The number of nitrogens with zero attached hydrogens (tertiary/aromatic N) is 1. The molecule has 5 nitrogen and oxygen atoms in total. The zero-order valence-electron chi connectivity index (χ0n) is 11.0. The minimum absolute atomic E-state index is 0.0277. The lowest BCUT2D eigenvalue weighted by Gasteiger charge is -2.04. The van der Waals surface area contributed by atoms with Gasteiger partial charge in [0, 0.05) is 11.0 Å². The van der Waals surface area contributed by atoms with E-state index in [4.69, 9.17) is 5.84 Å². The Bertz CT molecular complexity index is 829. The number of nitrogen functional groups attached to an aromatic ring is 1. The van der Waals surface area contributed by atoms with Gasteiger partial charge in [0.1, 0.15) is 5.69 Å². The van der Waals surface area contributed by atoms with E-state index in [1.165, 1.54) is 5.38 Å². The molecule has 0 atom stereocenters. The number of carbonyl (C=O) groups excluding carboxylic acids is 2. The first-order valence-corrected chi connectivity index (χ1v) is 7.09. The van der Waals surface area contributed by atoms with Crippen LogP contribution < -0.4 is 11.3 Å². The maximum Gasteiger partial charge on any atom is 0.284 e. The fourth-order valence-electron chi connectivity index (χ4n) is 2.22. The van der Waals surface area contributed by atoms with Crippen LogP contribution in [0.4, 0.5) is 8.78 Å². The maximum absolute atomic E-state index is 13.4. The van der Waals surface area contributed by atoms with Crippen molar-refractivity contribution in [3.8, 4) is 0 Å². The number of fused-ring (bicyclic) bond motifs is 1. The highest BCUT2D eigenvalue weighted by Gasteiger charge is 2.26. The van der Waals surface area contributed by atoms with Crippen molar-refractivity contribution in [2.75, 3.05) is 0 Å². The average Bonchev–Trinajstić information content (AvgIpc) is 3.13. The molecular weight excluding hydrogens is 312 g/mol. The molecule has 2 aromatic rings. The van der Waals surface area contributed by atoms with Gasteiger partial charge in [-0.1, -0.05) is 6.08 Å². The SMILES string of the molecule is NNC(=O)c1csc(C(=O)C2=CCc3cc(F)c(F)cc32)n1. The van der Waals surface area contributed by atoms with E-state index in [0.29, 0.717) is 17.5 Å². The molecule has 3 rings (SSSR count). The zero-order chi connectivity index (χ0) is 15.9. The first kappa shape index (κ1) is 14.5. The van der Waals surface area contributed by atoms with E-state index < -0.39 is 23.3 Å². The monoisotopic (exact) mass is 321 g/mol. The molecule has 0 spiro atoms. The Morgan fingerprint density at radius 1 is 1.27 bits per heavy atom. The number of benzene rings is 1. The summed E-state index contributed by atoms with van der Waals surface area (Å²) in [6.07, 6.45) is 1.94. The molecule has 1 aliphatic carbocycles. The van der Waals surface area contributed by atoms with Gasteiger partial charge in [-0.15, -0.1) is 11.3 Å². The molecule has 0 fully saturated rings. The molecule has 1 amide bonds. The van der Waals surface area contributed by atoms with E-state index in [1.54, 1.807) is 6.08 Å². The number of rotatable bonds is 3. The summed E-state index contributed by atoms with van der Waals surface area (Å²) in [5.41, 5.74) is 3.09. The van der Waals surface area contributed by atoms with Gasteiger partial charge >= 0.3 is 0 Å². The quantitative estimate of drug-likeness (QED) is 0.391. The standard InChI is InChI=1S/C14H9F2N3O2S/c15-9-3-6-1-2-7(8(6)4-10(9)16)12(20)14-18-11(5-22-14)13(21)19-17/h2-5H,1,17H2,(H,19,21). The van der Waals surface area contributed by atoms with Crippen molar-refractivity contribution in [2.24, 2.45) is 5.84 Å². The molecule has 0 saturated carbocycles. The van der Waals surface area contributed by atoms with Crippen LogP contribution in [0.3, 0.4) is 0 Å². The molecule has 0 saturated heterocycles. The molecule has 0 radical (unpaired) electrons. The van der Waals surface area contributed by atoms with Crippen LogP contribution in [-0.4, -0.2) is 16.7 Å². The molecule has 0 bridgehead atoms. The molecule has 1 heterocycles. The van der Waals surface area contributed by atoms with Gasteiger partial charge in [0.15, 0.2) is 16.6 Å². The second-order valence-electron chi connectivity index (χ2n) is 4.59. The Hall–Kier alpha value is -2.45. The summed E-state index contributed by atoms with van der Waals surface area (Å²) in [5.74, 6) is 1.99. The predicted octanol–water partition coefficient (Wildman–Crippen LogP) is 1.85. The topological polar surface area (TPSA) is 85.1 Å². The van der Waals surface area contributed by atoms with E-state index in [0.717, 1.165) is 23.5 Å². The highest BCUT2D eigenvalue weighted by atomic mass is 32.1. The number of nitrogens with two attached hydrogens (primary N) is 1. The van der Waals surface area contributed by atoms with Crippen molar-refractivity contribution in [2.45, 2.75) is 6.42 Å². The van der Waals surface area contributed by atoms with E-state index in [9.17, 15) is 18.4 Å². The number of nitrogens with one attached hydrogen (secondary N) is 1. The largest absolute Gasteiger partial charge is 0.289 e. The van der Waals surface area contributed by atoms with E-state index >= 15 is 0 Å². The summed E-state index contributed by atoms with van der Waals surface area (Å²) in [4.78, 5) is 27.7. The number of thiazole rings is 1. The lowest BCUT2D eigenvalue weighted by Crippen LogP contribution is -2.30. The van der Waals surface area contributed by atoms with Gasteiger partial charge in [0.25, 0.3) is 5.91 Å². The number of allylic oxidation sites excluding steroid dienone is 2. The third kappa shape index (κ3) is 2.32. The number of Topliss-reactive ketones (excluding diaryl/α,β-unsaturated/α-hetero) is 1. The fraction of sp³-hybridized carbons (Fsp3) is 0.0714. The molecule has 1 aliphatic rings. The summed E-state index contributed by atoms with van der Waals surface area (Å²) < 4.78 is 26.6. The fourth-order valence-corrected chi connectivity index (χ4v) is 2.97. The van der Waals surface area contributed by atoms with Gasteiger partial charge in [0.05, 0.1) is 0 Å². The number of hydrogen-bond donors (Lipinski definition) is 2. The Morgan fingerprint density at radius 2 is 2.00 bits per heavy atom. The second-order valence-corrected chi connectivity index (χ2v) is 5.44. The van der Waals surface area contributed by atoms with Crippen LogP contribution in [0.2, 0.25) is 0 Å². The number of carbonyl (C=O) groups is 2. The van der Waals surface area contributed by atoms with Crippen molar-refractivity contribution < 1.29 is 18.4 Å². The molecular formula is C14H9F2N3O2S. The second kappa shape index (κ2) is 5.39. The number of hydrogen-bond acceptors (Lipinski definition) is 5. The highest BCUT2D eigenvalue weighted by Crippen LogP contribution is 2.32. The predicted molar refractivity (Wildman–Crippen MR) is 76.1 cm³/mol. The van der Waals surface area contributed by atoms with E-state index in [2.05, 4.69) is 4.98 Å². The molecule has 0 aliphatic heterocycles. The summed E-state index contributed by atoms with van der Waals surface area (Å²) in [6.45, 7) is 0. The number of aromatic nitrogens is 1. The number of hydrazine groups is 1. The van der Waals surface area contributed by atoms with Crippen LogP contribution >= 0.6 is 11.3 Å². The lowest BCUT2D eigenvalue weighted by atomic mass is 10.0. The first-order valence-electron chi connectivity index (χ1n) is 6.21. The third-order valence-corrected chi connectivity index (χ3v) is 4.11. The Balaban J connectivity index is 1.94. The summed E-state index contributed by atoms with van der Waals surface area (Å²) in [5, 5.41) is 1.49. The summed E-state index contributed by atoms with van der Waals surface area (Å²) in [7, 11) is 0. The molecule has 22 heavy (non-hydrogen) atoms. The van der Waals surface area contributed by atoms with Crippen molar-refractivity contribution >= 4 is 28.6 Å². The van der Waals surface area contributed by atoms with Crippen LogP contribution in [0, 0.1) is 11.6 Å². The van der Waals surface area contributed by atoms with Gasteiger partial charge in [-0.25, -0.2) is 19.6 Å². The zero-order valence-corrected chi connectivity index (χ0v) is 11.8. The van der Waals surface area contributed by atoms with Gasteiger partial charge in [0.2, 0.25) is 5.78 Å². The summed E-state index contributed by atoms with van der Waals surface area (Å²) in [6, 6.07) is 2.08. The van der Waals surface area contributed by atoms with Crippen molar-refractivity contribution in [1.29, 1.82) is 0 Å². The van der Waals surface area contributed by atoms with E-state index in [-0.39, 0.29) is 16.3 Å². The Morgan fingerprint density at radius 3 is 2.73 bits per heavy atom. The molecule has 1 aromatic carbocycles. The van der Waals surface area contributed by atoms with Crippen LogP contribution in [0.5, 0.6) is 0 Å². The van der Waals surface area contributed by atoms with Crippen molar-refractivity contribution in [3.05, 3.63) is 57.1 Å². The normalized spacial score (nSPS) is 12.8.